The van der Waals surface area contributed by atoms with E-state index in [4.69, 9.17) is 27.9 Å². The van der Waals surface area contributed by atoms with E-state index in [-0.39, 0.29) is 0 Å². The molecule has 1 saturated carbocycles. The average Bonchev–Trinajstić information content (AvgIpc) is 3.07. The lowest BCUT2D eigenvalue weighted by Gasteiger charge is -2.38. The van der Waals surface area contributed by atoms with E-state index in [0.717, 1.165) is 22.4 Å². The van der Waals surface area contributed by atoms with Crippen LogP contribution in [0.3, 0.4) is 0 Å². The Morgan fingerprint density at radius 1 is 1.09 bits per heavy atom. The average molecular weight is 351 g/mol. The fourth-order valence-electron chi connectivity index (χ4n) is 3.37. The van der Waals surface area contributed by atoms with Crippen molar-refractivity contribution in [2.24, 2.45) is 5.41 Å². The maximum Gasteiger partial charge on any atom is 0.127 e. The van der Waals surface area contributed by atoms with Crippen molar-refractivity contribution in [1.29, 1.82) is 0 Å². The highest BCUT2D eigenvalue weighted by Gasteiger charge is 2.73. The van der Waals surface area contributed by atoms with Crippen molar-refractivity contribution in [3.8, 4) is 5.75 Å². The van der Waals surface area contributed by atoms with E-state index in [1.54, 1.807) is 7.11 Å². The molecule has 1 fully saturated rings. The van der Waals surface area contributed by atoms with E-state index in [1.165, 1.54) is 0 Å². The zero-order chi connectivity index (χ0) is 16.9. The van der Waals surface area contributed by atoms with E-state index >= 15 is 0 Å². The number of rotatable bonds is 4. The number of ether oxygens (including phenoxy) is 1. The van der Waals surface area contributed by atoms with Gasteiger partial charge in [-0.25, -0.2) is 0 Å². The Morgan fingerprint density at radius 3 is 2.13 bits per heavy atom. The summed E-state index contributed by atoms with van der Waals surface area (Å²) >= 11 is 12.8. The van der Waals surface area contributed by atoms with Crippen molar-refractivity contribution >= 4 is 23.2 Å². The van der Waals surface area contributed by atoms with Gasteiger partial charge in [-0.15, -0.1) is 23.2 Å². The van der Waals surface area contributed by atoms with E-state index in [0.29, 0.717) is 6.42 Å². The summed E-state index contributed by atoms with van der Waals surface area (Å²) in [7, 11) is 1.62. The van der Waals surface area contributed by atoms with E-state index in [2.05, 4.69) is 0 Å². The molecule has 0 aliphatic heterocycles. The molecule has 23 heavy (non-hydrogen) atoms. The predicted molar refractivity (Wildman–Crippen MR) is 94.3 cm³/mol. The number of halogens is 2. The van der Waals surface area contributed by atoms with Crippen molar-refractivity contribution in [2.75, 3.05) is 7.11 Å². The standard InChI is InChI=1S/C19H20Cl2O2/c1-13-6-4-5-7-16(13)19(22,17(2)12-18(17,20)21)14-8-10-15(23-3)11-9-14/h4-11,22H,12H2,1-3H3/t17-,19-/m1/s1. The first kappa shape index (κ1) is 16.6. The third-order valence-corrected chi connectivity index (χ3v) is 6.20. The van der Waals surface area contributed by atoms with Gasteiger partial charge in [-0.05, 0) is 42.2 Å². The van der Waals surface area contributed by atoms with Crippen molar-refractivity contribution in [3.05, 3.63) is 65.2 Å². The van der Waals surface area contributed by atoms with Crippen LogP contribution in [0.25, 0.3) is 0 Å². The quantitative estimate of drug-likeness (QED) is 0.800. The minimum Gasteiger partial charge on any atom is -0.497 e. The molecule has 0 bridgehead atoms. The second kappa shape index (κ2) is 5.41. The van der Waals surface area contributed by atoms with Crippen molar-refractivity contribution in [1.82, 2.24) is 0 Å². The molecule has 122 valence electrons. The van der Waals surface area contributed by atoms with Gasteiger partial charge in [0.15, 0.2) is 0 Å². The summed E-state index contributed by atoms with van der Waals surface area (Å²) in [6.07, 6.45) is 0.528. The number of benzene rings is 2. The van der Waals surface area contributed by atoms with Crippen LogP contribution in [0, 0.1) is 12.3 Å². The summed E-state index contributed by atoms with van der Waals surface area (Å²) in [5.41, 5.74) is 0.662. The van der Waals surface area contributed by atoms with Crippen LogP contribution in [0.2, 0.25) is 0 Å². The van der Waals surface area contributed by atoms with Crippen LogP contribution in [0.1, 0.15) is 30.0 Å². The Bertz CT molecular complexity index is 726. The normalized spacial score (nSPS) is 24.8. The molecule has 3 rings (SSSR count). The number of aliphatic hydroxyl groups is 1. The summed E-state index contributed by atoms with van der Waals surface area (Å²) in [5.74, 6) is 0.741. The lowest BCUT2D eigenvalue weighted by Crippen LogP contribution is -2.40. The smallest absolute Gasteiger partial charge is 0.127 e. The van der Waals surface area contributed by atoms with Gasteiger partial charge in [0.1, 0.15) is 15.7 Å². The molecule has 0 amide bonds. The molecule has 0 unspecified atom stereocenters. The molecule has 1 aliphatic rings. The highest BCUT2D eigenvalue weighted by atomic mass is 35.5. The second-order valence-electron chi connectivity index (χ2n) is 6.47. The molecule has 2 aromatic carbocycles. The van der Waals surface area contributed by atoms with Crippen LogP contribution in [-0.4, -0.2) is 16.5 Å². The molecule has 4 heteroatoms. The molecule has 0 radical (unpaired) electrons. The Balaban J connectivity index is 2.21. The van der Waals surface area contributed by atoms with Gasteiger partial charge in [0.25, 0.3) is 0 Å². The lowest BCUT2D eigenvalue weighted by atomic mass is 9.73. The highest BCUT2D eigenvalue weighted by Crippen LogP contribution is 2.72. The zero-order valence-corrected chi connectivity index (χ0v) is 14.9. The lowest BCUT2D eigenvalue weighted by molar-refractivity contribution is 0.00778. The van der Waals surface area contributed by atoms with Crippen LogP contribution in [0.5, 0.6) is 5.75 Å². The van der Waals surface area contributed by atoms with Gasteiger partial charge in [0, 0.05) is 5.41 Å². The van der Waals surface area contributed by atoms with Crippen molar-refractivity contribution in [2.45, 2.75) is 30.2 Å². The number of hydrogen-bond acceptors (Lipinski definition) is 2. The summed E-state index contributed by atoms with van der Waals surface area (Å²) in [6.45, 7) is 3.92. The highest BCUT2D eigenvalue weighted by molar-refractivity contribution is 6.51. The molecular formula is C19H20Cl2O2. The number of hydrogen-bond donors (Lipinski definition) is 1. The molecule has 1 aliphatic carbocycles. The van der Waals surface area contributed by atoms with Crippen molar-refractivity contribution in [3.63, 3.8) is 0 Å². The topological polar surface area (TPSA) is 29.5 Å². The second-order valence-corrected chi connectivity index (χ2v) is 7.95. The first-order valence-corrected chi connectivity index (χ1v) is 8.33. The fourth-order valence-corrected chi connectivity index (χ4v) is 4.18. The SMILES string of the molecule is COc1ccc([C@@](O)(c2ccccc2C)[C@]2(C)CC2(Cl)Cl)cc1. The molecular weight excluding hydrogens is 331 g/mol. The molecule has 2 atom stereocenters. The summed E-state index contributed by atoms with van der Waals surface area (Å²) in [4.78, 5) is 0. The monoisotopic (exact) mass is 350 g/mol. The molecule has 0 saturated heterocycles. The first-order valence-electron chi connectivity index (χ1n) is 7.57. The predicted octanol–water partition coefficient (Wildman–Crippen LogP) is 4.82. The Hall–Kier alpha value is -1.22. The maximum atomic E-state index is 11.8. The van der Waals surface area contributed by atoms with E-state index in [9.17, 15) is 5.11 Å². The minimum atomic E-state index is -1.27. The van der Waals surface area contributed by atoms with Crippen LogP contribution < -0.4 is 4.74 Å². The van der Waals surface area contributed by atoms with E-state index < -0.39 is 15.3 Å². The molecule has 2 aromatic rings. The minimum absolute atomic E-state index is 0.528. The van der Waals surface area contributed by atoms with Gasteiger partial charge >= 0.3 is 0 Å². The molecule has 0 heterocycles. The summed E-state index contributed by atoms with van der Waals surface area (Å²) in [6, 6.07) is 15.2. The summed E-state index contributed by atoms with van der Waals surface area (Å²) < 4.78 is 4.27. The van der Waals surface area contributed by atoms with Crippen LogP contribution in [0.4, 0.5) is 0 Å². The van der Waals surface area contributed by atoms with Crippen LogP contribution in [0.15, 0.2) is 48.5 Å². The van der Waals surface area contributed by atoms with Crippen molar-refractivity contribution < 1.29 is 9.84 Å². The van der Waals surface area contributed by atoms with Gasteiger partial charge in [-0.3, -0.25) is 0 Å². The van der Waals surface area contributed by atoms with E-state index in [1.807, 2.05) is 62.4 Å². The Labute approximate surface area is 147 Å². The third kappa shape index (κ3) is 2.36. The van der Waals surface area contributed by atoms with Gasteiger partial charge in [-0.2, -0.15) is 0 Å². The molecule has 2 nitrogen and oxygen atoms in total. The molecule has 1 N–H and O–H groups in total. The third-order valence-electron chi connectivity index (χ3n) is 5.10. The van der Waals surface area contributed by atoms with Crippen LogP contribution >= 0.6 is 23.2 Å². The Morgan fingerprint density at radius 2 is 1.65 bits per heavy atom. The fraction of sp³-hybridized carbons (Fsp3) is 0.368. The van der Waals surface area contributed by atoms with Gasteiger partial charge < -0.3 is 9.84 Å². The molecule has 0 spiro atoms. The molecule has 0 aromatic heterocycles. The van der Waals surface area contributed by atoms with Gasteiger partial charge in [0.2, 0.25) is 0 Å². The number of alkyl halides is 2. The zero-order valence-electron chi connectivity index (χ0n) is 13.4. The first-order chi connectivity index (χ1) is 10.8. The largest absolute Gasteiger partial charge is 0.497 e. The van der Waals surface area contributed by atoms with Gasteiger partial charge in [0.05, 0.1) is 7.11 Å². The number of methoxy groups -OCH3 is 1. The van der Waals surface area contributed by atoms with Gasteiger partial charge in [-0.1, -0.05) is 43.3 Å². The summed E-state index contributed by atoms with van der Waals surface area (Å²) in [5, 5.41) is 11.8. The number of aryl methyl sites for hydroxylation is 1. The van der Waals surface area contributed by atoms with Crippen LogP contribution in [-0.2, 0) is 5.60 Å². The Kier molecular flexibility index (Phi) is 3.91. The maximum absolute atomic E-state index is 11.8.